The van der Waals surface area contributed by atoms with E-state index in [0.717, 1.165) is 25.8 Å². The summed E-state index contributed by atoms with van der Waals surface area (Å²) in [5, 5.41) is 0. The van der Waals surface area contributed by atoms with Crippen LogP contribution in [0.5, 0.6) is 0 Å². The molecule has 1 aliphatic rings. The van der Waals surface area contributed by atoms with Crippen molar-refractivity contribution in [2.24, 2.45) is 0 Å². The zero-order chi connectivity index (χ0) is 9.52. The van der Waals surface area contributed by atoms with E-state index in [1.54, 1.807) is 0 Å². The molecule has 1 rings (SSSR count). The molecule has 1 heterocycles. The van der Waals surface area contributed by atoms with Gasteiger partial charge in [-0.2, -0.15) is 0 Å². The molecule has 2 nitrogen and oxygen atoms in total. The molecule has 1 atom stereocenters. The SMILES string of the molecule is CCC#CC(C=O)N1CCCCC1. The zero-order valence-corrected chi connectivity index (χ0v) is 8.25. The lowest BCUT2D eigenvalue weighted by atomic mass is 10.1. The molecule has 0 aliphatic carbocycles. The highest BCUT2D eigenvalue weighted by Gasteiger charge is 2.17. The van der Waals surface area contributed by atoms with Gasteiger partial charge in [-0.1, -0.05) is 19.3 Å². The second-order valence-corrected chi connectivity index (χ2v) is 3.35. The standard InChI is InChI=1S/C11H17NO/c1-2-3-7-11(10-13)12-8-5-4-6-9-12/h10-11H,2,4-6,8-9H2,1H3. The van der Waals surface area contributed by atoms with Crippen LogP contribution in [-0.4, -0.2) is 30.3 Å². The molecule has 2 heteroatoms. The third kappa shape index (κ3) is 3.20. The van der Waals surface area contributed by atoms with E-state index in [1.165, 1.54) is 19.3 Å². The fraction of sp³-hybridized carbons (Fsp3) is 0.727. The van der Waals surface area contributed by atoms with Gasteiger partial charge in [0.1, 0.15) is 12.3 Å². The number of hydrogen-bond donors (Lipinski definition) is 0. The number of likely N-dealkylation sites (tertiary alicyclic amines) is 1. The van der Waals surface area contributed by atoms with Gasteiger partial charge in [0.25, 0.3) is 0 Å². The molecule has 0 radical (unpaired) electrons. The maximum atomic E-state index is 10.8. The Morgan fingerprint density at radius 2 is 2.08 bits per heavy atom. The molecule has 0 N–H and O–H groups in total. The maximum absolute atomic E-state index is 10.8. The molecule has 0 spiro atoms. The number of aldehydes is 1. The fourth-order valence-electron chi connectivity index (χ4n) is 1.61. The first-order chi connectivity index (χ1) is 6.38. The first-order valence-corrected chi connectivity index (χ1v) is 5.06. The number of nitrogens with zero attached hydrogens (tertiary/aromatic N) is 1. The van der Waals surface area contributed by atoms with Crippen LogP contribution in [0.15, 0.2) is 0 Å². The van der Waals surface area contributed by atoms with Crippen LogP contribution < -0.4 is 0 Å². The molecule has 0 aromatic carbocycles. The van der Waals surface area contributed by atoms with Crippen LogP contribution in [-0.2, 0) is 4.79 Å². The number of carbonyl (C=O) groups is 1. The molecule has 0 amide bonds. The molecule has 0 aromatic heterocycles. The van der Waals surface area contributed by atoms with E-state index >= 15 is 0 Å². The molecule has 0 saturated carbocycles. The summed E-state index contributed by atoms with van der Waals surface area (Å²) in [6, 6.07) is -0.153. The number of carbonyl (C=O) groups excluding carboxylic acids is 1. The van der Waals surface area contributed by atoms with Crippen LogP contribution >= 0.6 is 0 Å². The first kappa shape index (κ1) is 10.3. The van der Waals surface area contributed by atoms with Crippen molar-refractivity contribution in [2.45, 2.75) is 38.6 Å². The van der Waals surface area contributed by atoms with E-state index in [-0.39, 0.29) is 6.04 Å². The van der Waals surface area contributed by atoms with E-state index in [1.807, 2.05) is 6.92 Å². The largest absolute Gasteiger partial charge is 0.301 e. The van der Waals surface area contributed by atoms with E-state index in [0.29, 0.717) is 0 Å². The predicted octanol–water partition coefficient (Wildman–Crippen LogP) is 1.45. The summed E-state index contributed by atoms with van der Waals surface area (Å²) >= 11 is 0. The summed E-state index contributed by atoms with van der Waals surface area (Å²) in [6.45, 7) is 4.06. The van der Waals surface area contributed by atoms with Crippen LogP contribution in [0.4, 0.5) is 0 Å². The molecular formula is C11H17NO. The van der Waals surface area contributed by atoms with Crippen molar-refractivity contribution in [1.29, 1.82) is 0 Å². The Bertz CT molecular complexity index is 208. The van der Waals surface area contributed by atoms with Crippen LogP contribution in [0.25, 0.3) is 0 Å². The fourth-order valence-corrected chi connectivity index (χ4v) is 1.61. The van der Waals surface area contributed by atoms with E-state index < -0.39 is 0 Å². The number of hydrogen-bond acceptors (Lipinski definition) is 2. The van der Waals surface area contributed by atoms with Gasteiger partial charge in [0, 0.05) is 6.42 Å². The minimum atomic E-state index is -0.153. The molecule has 1 saturated heterocycles. The molecule has 0 bridgehead atoms. The lowest BCUT2D eigenvalue weighted by Crippen LogP contribution is -2.39. The maximum Gasteiger partial charge on any atom is 0.149 e. The molecule has 13 heavy (non-hydrogen) atoms. The summed E-state index contributed by atoms with van der Waals surface area (Å²) in [5.41, 5.74) is 0. The summed E-state index contributed by atoms with van der Waals surface area (Å²) < 4.78 is 0. The number of piperidine rings is 1. The molecule has 1 fully saturated rings. The lowest BCUT2D eigenvalue weighted by molar-refractivity contribution is -0.111. The first-order valence-electron chi connectivity index (χ1n) is 5.06. The van der Waals surface area contributed by atoms with Crippen LogP contribution in [0.3, 0.4) is 0 Å². The van der Waals surface area contributed by atoms with Crippen molar-refractivity contribution >= 4 is 6.29 Å². The Morgan fingerprint density at radius 1 is 1.38 bits per heavy atom. The molecule has 72 valence electrons. The van der Waals surface area contributed by atoms with Crippen molar-refractivity contribution < 1.29 is 4.79 Å². The smallest absolute Gasteiger partial charge is 0.149 e. The highest BCUT2D eigenvalue weighted by Crippen LogP contribution is 2.10. The van der Waals surface area contributed by atoms with Gasteiger partial charge in [-0.05, 0) is 25.9 Å². The van der Waals surface area contributed by atoms with Gasteiger partial charge < -0.3 is 4.79 Å². The Hall–Kier alpha value is -0.810. The zero-order valence-electron chi connectivity index (χ0n) is 8.25. The summed E-state index contributed by atoms with van der Waals surface area (Å²) in [5.74, 6) is 5.97. The summed E-state index contributed by atoms with van der Waals surface area (Å²) in [4.78, 5) is 12.9. The molecule has 1 aliphatic heterocycles. The van der Waals surface area contributed by atoms with Crippen LogP contribution in [0.1, 0.15) is 32.6 Å². The van der Waals surface area contributed by atoms with Gasteiger partial charge in [-0.15, -0.1) is 5.92 Å². The van der Waals surface area contributed by atoms with Gasteiger partial charge in [-0.3, -0.25) is 4.90 Å². The third-order valence-electron chi connectivity index (χ3n) is 2.34. The van der Waals surface area contributed by atoms with Crippen LogP contribution in [0, 0.1) is 11.8 Å². The Kier molecular flexibility index (Phi) is 4.56. The number of rotatable bonds is 2. The second kappa shape index (κ2) is 5.77. The van der Waals surface area contributed by atoms with E-state index in [4.69, 9.17) is 0 Å². The van der Waals surface area contributed by atoms with Crippen molar-refractivity contribution in [3.8, 4) is 11.8 Å². The minimum absolute atomic E-state index is 0.153. The lowest BCUT2D eigenvalue weighted by Gasteiger charge is -2.28. The molecule has 1 unspecified atom stereocenters. The van der Waals surface area contributed by atoms with Gasteiger partial charge in [-0.25, -0.2) is 0 Å². The van der Waals surface area contributed by atoms with Crippen molar-refractivity contribution in [3.63, 3.8) is 0 Å². The molecular weight excluding hydrogens is 162 g/mol. The Labute approximate surface area is 80.3 Å². The Morgan fingerprint density at radius 3 is 2.62 bits per heavy atom. The highest BCUT2D eigenvalue weighted by atomic mass is 16.1. The quantitative estimate of drug-likeness (QED) is 0.472. The van der Waals surface area contributed by atoms with Gasteiger partial charge in [0.15, 0.2) is 0 Å². The van der Waals surface area contributed by atoms with Crippen LogP contribution in [0.2, 0.25) is 0 Å². The summed E-state index contributed by atoms with van der Waals surface area (Å²) in [6.07, 6.45) is 5.51. The predicted molar refractivity (Wildman–Crippen MR) is 53.3 cm³/mol. The normalized spacial score (nSPS) is 20.1. The monoisotopic (exact) mass is 179 g/mol. The van der Waals surface area contributed by atoms with Crippen molar-refractivity contribution in [3.05, 3.63) is 0 Å². The minimum Gasteiger partial charge on any atom is -0.301 e. The van der Waals surface area contributed by atoms with Crippen molar-refractivity contribution in [1.82, 2.24) is 4.90 Å². The van der Waals surface area contributed by atoms with E-state index in [9.17, 15) is 4.79 Å². The topological polar surface area (TPSA) is 20.3 Å². The van der Waals surface area contributed by atoms with Crippen molar-refractivity contribution in [2.75, 3.05) is 13.1 Å². The molecule has 0 aromatic rings. The highest BCUT2D eigenvalue weighted by molar-refractivity contribution is 5.63. The summed E-state index contributed by atoms with van der Waals surface area (Å²) in [7, 11) is 0. The average molecular weight is 179 g/mol. The second-order valence-electron chi connectivity index (χ2n) is 3.35. The average Bonchev–Trinajstić information content (AvgIpc) is 2.21. The third-order valence-corrected chi connectivity index (χ3v) is 2.34. The Balaban J connectivity index is 2.48. The van der Waals surface area contributed by atoms with Gasteiger partial charge in [0.2, 0.25) is 0 Å². The van der Waals surface area contributed by atoms with Gasteiger partial charge >= 0.3 is 0 Å². The van der Waals surface area contributed by atoms with E-state index in [2.05, 4.69) is 16.7 Å². The van der Waals surface area contributed by atoms with Gasteiger partial charge in [0.05, 0.1) is 0 Å².